The summed E-state index contributed by atoms with van der Waals surface area (Å²) in [7, 11) is -0.180. The van der Waals surface area contributed by atoms with Crippen LogP contribution in [0.25, 0.3) is 0 Å². The van der Waals surface area contributed by atoms with E-state index in [1.165, 1.54) is 6.16 Å². The summed E-state index contributed by atoms with van der Waals surface area (Å²) in [6.45, 7) is 2.24. The number of rotatable bonds is 1. The summed E-state index contributed by atoms with van der Waals surface area (Å²) >= 11 is 0. The van der Waals surface area contributed by atoms with Gasteiger partial charge < -0.3 is 0 Å². The lowest BCUT2D eigenvalue weighted by molar-refractivity contribution is 1.52. The van der Waals surface area contributed by atoms with Gasteiger partial charge >= 0.3 is 0 Å². The smallest absolute Gasteiger partial charge is 0.0349 e. The highest BCUT2D eigenvalue weighted by atomic mass is 31.1. The van der Waals surface area contributed by atoms with E-state index in [0.717, 1.165) is 0 Å². The quantitative estimate of drug-likeness (QED) is 0.472. The van der Waals surface area contributed by atoms with Crippen molar-refractivity contribution >= 4 is 13.3 Å². The van der Waals surface area contributed by atoms with Crippen molar-refractivity contribution in [2.75, 3.05) is 6.16 Å². The Hall–Kier alpha value is -0.220. The summed E-state index contributed by atoms with van der Waals surface area (Å²) in [5.74, 6) is 4.65. The molecule has 0 N–H and O–H groups in total. The Balaban J connectivity index is 2.68. The molecule has 1 unspecified atom stereocenters. The normalized spacial score (nSPS) is 25.4. The lowest BCUT2D eigenvalue weighted by Gasteiger charge is -1.97. The van der Waals surface area contributed by atoms with Crippen LogP contribution in [0.1, 0.15) is 6.92 Å². The van der Waals surface area contributed by atoms with Crippen molar-refractivity contribution in [3.8, 4) is 0 Å². The van der Waals surface area contributed by atoms with Crippen molar-refractivity contribution in [3.63, 3.8) is 0 Å². The maximum Gasteiger partial charge on any atom is -0.0349 e. The highest BCUT2D eigenvalue weighted by Crippen LogP contribution is 2.24. The summed E-state index contributed by atoms with van der Waals surface area (Å²) in [5, 5.41) is 0. The zero-order chi connectivity index (χ0) is 5.82. The predicted molar refractivity (Wildman–Crippen MR) is 43.2 cm³/mol. The van der Waals surface area contributed by atoms with E-state index in [0.29, 0.717) is 0 Å². The lowest BCUT2D eigenvalue weighted by Crippen LogP contribution is -1.71. The summed E-state index contributed by atoms with van der Waals surface area (Å²) in [4.78, 5) is 0. The van der Waals surface area contributed by atoms with Crippen molar-refractivity contribution in [2.45, 2.75) is 6.92 Å². The second kappa shape index (κ2) is 2.94. The standard InChI is InChI=1S/C7H11P/c1-2-8-6-4-3-5-7-8/h3-8H,2H2,1H3. The highest BCUT2D eigenvalue weighted by molar-refractivity contribution is 7.60. The Morgan fingerprint density at radius 2 is 2.12 bits per heavy atom. The van der Waals surface area contributed by atoms with E-state index in [-0.39, 0.29) is 7.55 Å². The Morgan fingerprint density at radius 3 is 2.50 bits per heavy atom. The molecule has 8 heavy (non-hydrogen) atoms. The van der Waals surface area contributed by atoms with Crippen LogP contribution in [0.3, 0.4) is 0 Å². The van der Waals surface area contributed by atoms with Crippen molar-refractivity contribution in [2.24, 2.45) is 0 Å². The molecule has 1 aliphatic rings. The first kappa shape index (κ1) is 5.91. The van der Waals surface area contributed by atoms with Crippen LogP contribution < -0.4 is 0 Å². The van der Waals surface area contributed by atoms with Gasteiger partial charge in [-0.05, 0) is 6.16 Å². The van der Waals surface area contributed by atoms with E-state index in [9.17, 15) is 0 Å². The highest BCUT2D eigenvalue weighted by Gasteiger charge is 1.83. The van der Waals surface area contributed by atoms with Crippen molar-refractivity contribution in [3.05, 3.63) is 24.0 Å². The summed E-state index contributed by atoms with van der Waals surface area (Å²) < 4.78 is 0. The largest absolute Gasteiger partial charge is 0.0975 e. The fraction of sp³-hybridized carbons (Fsp3) is 0.286. The van der Waals surface area contributed by atoms with Gasteiger partial charge in [0, 0.05) is 0 Å². The van der Waals surface area contributed by atoms with Crippen molar-refractivity contribution in [1.29, 1.82) is 0 Å². The Kier molecular flexibility index (Phi) is 2.17. The molecule has 0 saturated heterocycles. The molecule has 1 heteroatoms. The van der Waals surface area contributed by atoms with E-state index >= 15 is 0 Å². The molecule has 0 spiro atoms. The first-order chi connectivity index (χ1) is 3.93. The van der Waals surface area contributed by atoms with Crippen LogP contribution >= 0.6 is 7.55 Å². The maximum absolute atomic E-state index is 2.32. The minimum absolute atomic E-state index is 0.180. The first-order valence-electron chi connectivity index (χ1n) is 2.97. The zero-order valence-corrected chi connectivity index (χ0v) is 6.09. The monoisotopic (exact) mass is 126 g/mol. The molecule has 1 heterocycles. The van der Waals surface area contributed by atoms with Crippen molar-refractivity contribution < 1.29 is 0 Å². The van der Waals surface area contributed by atoms with E-state index in [4.69, 9.17) is 0 Å². The van der Waals surface area contributed by atoms with Crippen LogP contribution in [0.2, 0.25) is 0 Å². The van der Waals surface area contributed by atoms with Gasteiger partial charge in [0.05, 0.1) is 0 Å². The summed E-state index contributed by atoms with van der Waals surface area (Å²) in [6.07, 6.45) is 7.71. The molecule has 0 aromatic heterocycles. The summed E-state index contributed by atoms with van der Waals surface area (Å²) in [5.41, 5.74) is 0. The van der Waals surface area contributed by atoms with Gasteiger partial charge in [0.1, 0.15) is 0 Å². The third kappa shape index (κ3) is 1.38. The number of allylic oxidation sites excluding steroid dienone is 3. The van der Waals surface area contributed by atoms with Crippen LogP contribution in [0, 0.1) is 0 Å². The second-order valence-corrected chi connectivity index (χ2v) is 4.36. The van der Waals surface area contributed by atoms with E-state index < -0.39 is 0 Å². The van der Waals surface area contributed by atoms with Gasteiger partial charge in [-0.3, -0.25) is 0 Å². The fourth-order valence-electron chi connectivity index (χ4n) is 0.714. The second-order valence-electron chi connectivity index (χ2n) is 1.84. The van der Waals surface area contributed by atoms with Crippen LogP contribution in [0.15, 0.2) is 24.0 Å². The van der Waals surface area contributed by atoms with E-state index in [2.05, 4.69) is 36.8 Å². The molecule has 0 bridgehead atoms. The molecule has 0 aromatic carbocycles. The number of hydrogen-bond donors (Lipinski definition) is 0. The molecule has 0 saturated carbocycles. The van der Waals surface area contributed by atoms with Crippen molar-refractivity contribution in [1.82, 2.24) is 0 Å². The molecule has 0 aromatic rings. The van der Waals surface area contributed by atoms with Crippen LogP contribution in [0.5, 0.6) is 0 Å². The van der Waals surface area contributed by atoms with E-state index in [1.54, 1.807) is 0 Å². The van der Waals surface area contributed by atoms with Gasteiger partial charge in [0.2, 0.25) is 0 Å². The zero-order valence-electron chi connectivity index (χ0n) is 5.09. The Bertz CT molecular complexity index is 152. The average Bonchev–Trinajstić information content (AvgIpc) is 1.90. The minimum Gasteiger partial charge on any atom is -0.0975 e. The van der Waals surface area contributed by atoms with Gasteiger partial charge in [0.25, 0.3) is 0 Å². The van der Waals surface area contributed by atoms with Gasteiger partial charge in [-0.2, -0.15) is 0 Å². The molecular weight excluding hydrogens is 115 g/mol. The van der Waals surface area contributed by atoms with Crippen LogP contribution in [0.4, 0.5) is 0 Å². The molecule has 1 aliphatic heterocycles. The SMILES string of the molecule is CC[PH]1=CC=CC=C1. The predicted octanol–water partition coefficient (Wildman–Crippen LogP) is 2.11. The molecule has 0 nitrogen and oxygen atoms in total. The lowest BCUT2D eigenvalue weighted by atomic mass is 10.5. The maximum atomic E-state index is 2.32. The molecule has 0 aliphatic carbocycles. The third-order valence-corrected chi connectivity index (χ3v) is 3.31. The Morgan fingerprint density at radius 1 is 1.25 bits per heavy atom. The fourth-order valence-corrected chi connectivity index (χ4v) is 2.01. The van der Waals surface area contributed by atoms with Gasteiger partial charge in [-0.15, -0.1) is 0 Å². The topological polar surface area (TPSA) is 0 Å². The minimum atomic E-state index is -0.180. The van der Waals surface area contributed by atoms with Gasteiger partial charge in [0.15, 0.2) is 0 Å². The van der Waals surface area contributed by atoms with Crippen LogP contribution in [-0.4, -0.2) is 12.0 Å². The van der Waals surface area contributed by atoms with Crippen LogP contribution in [-0.2, 0) is 0 Å². The molecule has 0 fully saturated rings. The third-order valence-electron chi connectivity index (χ3n) is 1.25. The Labute approximate surface area is 51.3 Å². The summed E-state index contributed by atoms with van der Waals surface area (Å²) in [6, 6.07) is 0. The molecule has 0 amide bonds. The number of hydrogen-bond acceptors (Lipinski definition) is 0. The molecule has 44 valence electrons. The molecular formula is C7H11P. The average molecular weight is 126 g/mol. The van der Waals surface area contributed by atoms with Gasteiger partial charge in [-0.25, -0.2) is 0 Å². The first-order valence-corrected chi connectivity index (χ1v) is 4.83. The van der Waals surface area contributed by atoms with Gasteiger partial charge in [-0.1, -0.05) is 44.3 Å². The molecule has 1 atom stereocenters. The molecule has 0 radical (unpaired) electrons. The van der Waals surface area contributed by atoms with E-state index in [1.807, 2.05) is 0 Å². The molecule has 1 rings (SSSR count).